The van der Waals surface area contributed by atoms with Crippen LogP contribution >= 0.6 is 0 Å². The molecule has 1 fully saturated rings. The molecule has 2 heterocycles. The largest absolute Gasteiger partial charge is 0.351 e. The Morgan fingerprint density at radius 3 is 3.07 bits per heavy atom. The van der Waals surface area contributed by atoms with Gasteiger partial charge in [-0.15, -0.1) is 0 Å². The fraction of sp³-hybridized carbons (Fsp3) is 0.500. The summed E-state index contributed by atoms with van der Waals surface area (Å²) in [4.78, 5) is 5.59. The molecule has 0 amide bonds. The minimum Gasteiger partial charge on any atom is -0.351 e. The number of nitrogens with zero attached hydrogens (tertiary/aromatic N) is 2. The van der Waals surface area contributed by atoms with Crippen molar-refractivity contribution < 1.29 is 8.78 Å². The van der Waals surface area contributed by atoms with Crippen LogP contribution in [0.2, 0.25) is 0 Å². The van der Waals surface area contributed by atoms with Crippen molar-refractivity contribution in [3.8, 4) is 0 Å². The molecule has 0 aliphatic carbocycles. The zero-order valence-corrected chi connectivity index (χ0v) is 7.79. The zero-order valence-electron chi connectivity index (χ0n) is 7.79. The smallest absolute Gasteiger partial charge is 0.165 e. The summed E-state index contributed by atoms with van der Waals surface area (Å²) in [6, 6.07) is 2.89. The van der Waals surface area contributed by atoms with Gasteiger partial charge in [0.25, 0.3) is 0 Å². The van der Waals surface area contributed by atoms with Crippen molar-refractivity contribution in [1.29, 1.82) is 0 Å². The Balaban J connectivity index is 2.18. The summed E-state index contributed by atoms with van der Waals surface area (Å²) in [6.07, 6.45) is 2.01. The van der Waals surface area contributed by atoms with Crippen molar-refractivity contribution in [1.82, 2.24) is 4.98 Å². The molecule has 0 aromatic carbocycles. The van der Waals surface area contributed by atoms with E-state index >= 15 is 0 Å². The van der Waals surface area contributed by atoms with Gasteiger partial charge in [0.05, 0.1) is 6.54 Å². The molecule has 0 spiro atoms. The van der Waals surface area contributed by atoms with Crippen LogP contribution in [0.1, 0.15) is 12.8 Å². The SMILES string of the molecule is Fc1cccnc1N1CCCC(F)C1. The molecule has 1 unspecified atom stereocenters. The lowest BCUT2D eigenvalue weighted by Crippen LogP contribution is -2.37. The van der Waals surface area contributed by atoms with E-state index in [0.29, 0.717) is 13.0 Å². The standard InChI is InChI=1S/C10H12F2N2/c11-8-3-2-6-14(7-8)10-9(12)4-1-5-13-10/h1,4-5,8H,2-3,6-7H2. The Morgan fingerprint density at radius 2 is 2.36 bits per heavy atom. The van der Waals surface area contributed by atoms with Crippen molar-refractivity contribution in [2.75, 3.05) is 18.0 Å². The molecule has 1 aliphatic heterocycles. The molecule has 1 saturated heterocycles. The lowest BCUT2D eigenvalue weighted by Gasteiger charge is -2.29. The molecule has 1 aromatic rings. The molecule has 0 saturated carbocycles. The Morgan fingerprint density at radius 1 is 1.50 bits per heavy atom. The lowest BCUT2D eigenvalue weighted by atomic mass is 10.1. The molecule has 1 aliphatic rings. The van der Waals surface area contributed by atoms with E-state index in [-0.39, 0.29) is 18.2 Å². The maximum atomic E-state index is 13.3. The highest BCUT2D eigenvalue weighted by molar-refractivity contribution is 5.40. The highest BCUT2D eigenvalue weighted by atomic mass is 19.1. The van der Waals surface area contributed by atoms with Gasteiger partial charge in [0.15, 0.2) is 11.6 Å². The number of halogens is 2. The van der Waals surface area contributed by atoms with Crippen LogP contribution in [-0.4, -0.2) is 24.2 Å². The van der Waals surface area contributed by atoms with Crippen molar-refractivity contribution in [3.63, 3.8) is 0 Å². The fourth-order valence-corrected chi connectivity index (χ4v) is 1.73. The molecule has 0 radical (unpaired) electrons. The van der Waals surface area contributed by atoms with E-state index in [1.165, 1.54) is 18.3 Å². The van der Waals surface area contributed by atoms with Gasteiger partial charge in [0.1, 0.15) is 6.17 Å². The van der Waals surface area contributed by atoms with Crippen LogP contribution in [-0.2, 0) is 0 Å². The first-order chi connectivity index (χ1) is 6.77. The molecule has 76 valence electrons. The second kappa shape index (κ2) is 3.90. The topological polar surface area (TPSA) is 16.1 Å². The van der Waals surface area contributed by atoms with E-state index in [4.69, 9.17) is 0 Å². The predicted molar refractivity (Wildman–Crippen MR) is 50.5 cm³/mol. The van der Waals surface area contributed by atoms with E-state index in [0.717, 1.165) is 6.42 Å². The summed E-state index contributed by atoms with van der Waals surface area (Å²) in [7, 11) is 0. The van der Waals surface area contributed by atoms with Crippen LogP contribution in [0.5, 0.6) is 0 Å². The van der Waals surface area contributed by atoms with Crippen LogP contribution in [0.25, 0.3) is 0 Å². The van der Waals surface area contributed by atoms with Gasteiger partial charge >= 0.3 is 0 Å². The molecular weight excluding hydrogens is 186 g/mol. The zero-order chi connectivity index (χ0) is 9.97. The third-order valence-electron chi connectivity index (χ3n) is 2.40. The normalized spacial score (nSPS) is 22.4. The third kappa shape index (κ3) is 1.84. The van der Waals surface area contributed by atoms with Gasteiger partial charge in [0, 0.05) is 12.7 Å². The number of hydrogen-bond donors (Lipinski definition) is 0. The monoisotopic (exact) mass is 198 g/mol. The van der Waals surface area contributed by atoms with E-state index in [9.17, 15) is 8.78 Å². The first-order valence-corrected chi connectivity index (χ1v) is 4.77. The fourth-order valence-electron chi connectivity index (χ4n) is 1.73. The van der Waals surface area contributed by atoms with E-state index < -0.39 is 6.17 Å². The van der Waals surface area contributed by atoms with Gasteiger partial charge in [-0.3, -0.25) is 0 Å². The van der Waals surface area contributed by atoms with Crippen LogP contribution in [0.15, 0.2) is 18.3 Å². The van der Waals surface area contributed by atoms with E-state index in [2.05, 4.69) is 4.98 Å². The van der Waals surface area contributed by atoms with E-state index in [1.54, 1.807) is 4.90 Å². The van der Waals surface area contributed by atoms with Gasteiger partial charge in [-0.1, -0.05) is 0 Å². The molecule has 1 atom stereocenters. The second-order valence-electron chi connectivity index (χ2n) is 3.49. The summed E-state index contributed by atoms with van der Waals surface area (Å²) < 4.78 is 26.3. The number of piperidine rings is 1. The van der Waals surface area contributed by atoms with E-state index in [1.807, 2.05) is 0 Å². The number of pyridine rings is 1. The first kappa shape index (κ1) is 9.37. The van der Waals surface area contributed by atoms with Crippen molar-refractivity contribution in [2.24, 2.45) is 0 Å². The van der Waals surface area contributed by atoms with Crippen LogP contribution < -0.4 is 4.90 Å². The summed E-state index contributed by atoms with van der Waals surface area (Å²) in [5, 5.41) is 0. The number of anilines is 1. The molecular formula is C10H12F2N2. The quantitative estimate of drug-likeness (QED) is 0.687. The van der Waals surface area contributed by atoms with Crippen LogP contribution in [0.4, 0.5) is 14.6 Å². The number of hydrogen-bond acceptors (Lipinski definition) is 2. The van der Waals surface area contributed by atoms with Gasteiger partial charge in [0.2, 0.25) is 0 Å². The Bertz CT molecular complexity index is 317. The molecule has 0 N–H and O–H groups in total. The van der Waals surface area contributed by atoms with Crippen LogP contribution in [0.3, 0.4) is 0 Å². The number of rotatable bonds is 1. The maximum Gasteiger partial charge on any atom is 0.165 e. The van der Waals surface area contributed by atoms with Crippen molar-refractivity contribution in [3.05, 3.63) is 24.1 Å². The summed E-state index contributed by atoms with van der Waals surface area (Å²) >= 11 is 0. The van der Waals surface area contributed by atoms with Gasteiger partial charge < -0.3 is 4.90 Å². The van der Waals surface area contributed by atoms with Crippen LogP contribution in [0, 0.1) is 5.82 Å². The minimum atomic E-state index is -0.856. The second-order valence-corrected chi connectivity index (χ2v) is 3.49. The Hall–Kier alpha value is -1.19. The average Bonchev–Trinajstić information content (AvgIpc) is 2.18. The first-order valence-electron chi connectivity index (χ1n) is 4.77. The van der Waals surface area contributed by atoms with Crippen molar-refractivity contribution in [2.45, 2.75) is 19.0 Å². The molecule has 14 heavy (non-hydrogen) atoms. The number of alkyl halides is 1. The molecule has 1 aromatic heterocycles. The Labute approximate surface area is 81.6 Å². The van der Waals surface area contributed by atoms with Gasteiger partial charge in [-0.25, -0.2) is 13.8 Å². The highest BCUT2D eigenvalue weighted by Crippen LogP contribution is 2.21. The predicted octanol–water partition coefficient (Wildman–Crippen LogP) is 2.16. The molecule has 2 rings (SSSR count). The summed E-state index contributed by atoms with van der Waals surface area (Å²) in [5.41, 5.74) is 0. The van der Waals surface area contributed by atoms with Gasteiger partial charge in [-0.05, 0) is 25.0 Å². The van der Waals surface area contributed by atoms with Crippen molar-refractivity contribution >= 4 is 5.82 Å². The molecule has 4 heteroatoms. The molecule has 0 bridgehead atoms. The third-order valence-corrected chi connectivity index (χ3v) is 2.40. The maximum absolute atomic E-state index is 13.3. The van der Waals surface area contributed by atoms with Gasteiger partial charge in [-0.2, -0.15) is 0 Å². The average molecular weight is 198 g/mol. The molecule has 2 nitrogen and oxygen atoms in total. The lowest BCUT2D eigenvalue weighted by molar-refractivity contribution is 0.285. The number of aromatic nitrogens is 1. The minimum absolute atomic E-state index is 0.258. The highest BCUT2D eigenvalue weighted by Gasteiger charge is 2.21. The summed E-state index contributed by atoms with van der Waals surface area (Å²) in [6.45, 7) is 0.947. The summed E-state index contributed by atoms with van der Waals surface area (Å²) in [5.74, 6) is -0.101. The Kier molecular flexibility index (Phi) is 2.61.